The van der Waals surface area contributed by atoms with Crippen molar-refractivity contribution in [3.05, 3.63) is 61.5 Å². The van der Waals surface area contributed by atoms with E-state index in [1.165, 1.54) is 0 Å². The summed E-state index contributed by atoms with van der Waals surface area (Å²) in [4.78, 5) is 0. The number of ether oxygens (including phenoxy) is 1. The highest BCUT2D eigenvalue weighted by molar-refractivity contribution is 9.10. The first kappa shape index (κ1) is 14.9. The normalized spacial score (nSPS) is 12.3. The van der Waals surface area contributed by atoms with Crippen molar-refractivity contribution in [1.29, 1.82) is 0 Å². The highest BCUT2D eigenvalue weighted by atomic mass is 79.9. The maximum Gasteiger partial charge on any atom is 0.139 e. The van der Waals surface area contributed by atoms with Crippen LogP contribution in [0.1, 0.15) is 17.2 Å². The van der Waals surface area contributed by atoms with Crippen LogP contribution < -0.4 is 4.74 Å². The number of benzene rings is 2. The number of halogens is 3. The van der Waals surface area contributed by atoms with Crippen LogP contribution in [0.4, 0.5) is 0 Å². The van der Waals surface area contributed by atoms with E-state index in [1.54, 1.807) is 19.2 Å². The van der Waals surface area contributed by atoms with Crippen LogP contribution in [0.3, 0.4) is 0 Å². The number of aliphatic hydroxyl groups is 1. The van der Waals surface area contributed by atoms with E-state index >= 15 is 0 Å². The first-order chi connectivity index (χ1) is 9.02. The smallest absolute Gasteiger partial charge is 0.139 e. The summed E-state index contributed by atoms with van der Waals surface area (Å²) in [5.41, 5.74) is 1.39. The maximum absolute atomic E-state index is 10.5. The molecule has 2 nitrogen and oxygen atoms in total. The van der Waals surface area contributed by atoms with Crippen LogP contribution in [-0.4, -0.2) is 12.2 Å². The van der Waals surface area contributed by atoms with Crippen molar-refractivity contribution >= 4 is 43.5 Å². The van der Waals surface area contributed by atoms with Gasteiger partial charge in [0.15, 0.2) is 0 Å². The Bertz CT molecular complexity index is 602. The van der Waals surface area contributed by atoms with Gasteiger partial charge in [0.25, 0.3) is 0 Å². The molecule has 2 aromatic rings. The van der Waals surface area contributed by atoms with Gasteiger partial charge in [0.05, 0.1) is 11.6 Å². The summed E-state index contributed by atoms with van der Waals surface area (Å²) in [6, 6.07) is 10.9. The molecule has 0 aliphatic rings. The minimum absolute atomic E-state index is 0.539. The third-order valence-electron chi connectivity index (χ3n) is 2.70. The molecule has 0 saturated heterocycles. The van der Waals surface area contributed by atoms with Gasteiger partial charge in [-0.05, 0) is 45.8 Å². The fraction of sp³-hybridized carbons (Fsp3) is 0.143. The van der Waals surface area contributed by atoms with Gasteiger partial charge in [0.1, 0.15) is 11.9 Å². The van der Waals surface area contributed by atoms with E-state index in [1.807, 2.05) is 24.3 Å². The summed E-state index contributed by atoms with van der Waals surface area (Å²) in [7, 11) is 1.56. The van der Waals surface area contributed by atoms with E-state index in [0.717, 1.165) is 10.0 Å². The minimum Gasteiger partial charge on any atom is -0.495 e. The van der Waals surface area contributed by atoms with Gasteiger partial charge in [-0.2, -0.15) is 0 Å². The van der Waals surface area contributed by atoms with Gasteiger partial charge in [0.2, 0.25) is 0 Å². The van der Waals surface area contributed by atoms with Crippen LogP contribution in [-0.2, 0) is 0 Å². The predicted molar refractivity (Wildman–Crippen MR) is 83.9 cm³/mol. The Hall–Kier alpha value is -0.550. The molecule has 2 aromatic carbocycles. The fourth-order valence-corrected chi connectivity index (χ4v) is 3.27. The van der Waals surface area contributed by atoms with Gasteiger partial charge in [-0.25, -0.2) is 0 Å². The lowest BCUT2D eigenvalue weighted by Gasteiger charge is -2.17. The fourth-order valence-electron chi connectivity index (χ4n) is 1.85. The molecule has 100 valence electrons. The lowest BCUT2D eigenvalue weighted by molar-refractivity contribution is 0.214. The zero-order valence-corrected chi connectivity index (χ0v) is 14.0. The molecule has 1 N–H and O–H groups in total. The summed E-state index contributed by atoms with van der Waals surface area (Å²) in [5.74, 6) is 0.580. The van der Waals surface area contributed by atoms with E-state index < -0.39 is 6.10 Å². The van der Waals surface area contributed by atoms with E-state index in [2.05, 4.69) is 31.9 Å². The summed E-state index contributed by atoms with van der Waals surface area (Å²) < 4.78 is 6.95. The highest BCUT2D eigenvalue weighted by Crippen LogP contribution is 2.38. The molecule has 0 radical (unpaired) electrons. The Morgan fingerprint density at radius 3 is 2.58 bits per heavy atom. The molecule has 1 unspecified atom stereocenters. The second kappa shape index (κ2) is 6.27. The van der Waals surface area contributed by atoms with Crippen LogP contribution in [0.15, 0.2) is 45.3 Å². The number of hydrogen-bond acceptors (Lipinski definition) is 2. The average Bonchev–Trinajstić information content (AvgIpc) is 2.37. The van der Waals surface area contributed by atoms with Crippen molar-refractivity contribution in [2.75, 3.05) is 7.11 Å². The van der Waals surface area contributed by atoms with E-state index in [-0.39, 0.29) is 0 Å². The van der Waals surface area contributed by atoms with E-state index in [0.29, 0.717) is 20.8 Å². The van der Waals surface area contributed by atoms with Gasteiger partial charge in [0, 0.05) is 15.1 Å². The number of methoxy groups -OCH3 is 1. The molecule has 5 heteroatoms. The number of aliphatic hydroxyl groups excluding tert-OH is 1. The van der Waals surface area contributed by atoms with Crippen LogP contribution in [0.25, 0.3) is 0 Å². The molecular formula is C14H11Br2ClO2. The Morgan fingerprint density at radius 2 is 1.95 bits per heavy atom. The third-order valence-corrected chi connectivity index (χ3v) is 4.00. The van der Waals surface area contributed by atoms with E-state index in [4.69, 9.17) is 16.3 Å². The number of rotatable bonds is 3. The molecule has 0 aliphatic heterocycles. The topological polar surface area (TPSA) is 29.5 Å². The minimum atomic E-state index is -0.803. The standard InChI is InChI=1S/C14H11Br2ClO2/c1-19-14-11(6-10(17)7-12(14)16)13(18)8-3-2-4-9(15)5-8/h2-7,13,18H,1H3. The zero-order valence-electron chi connectivity index (χ0n) is 10.0. The summed E-state index contributed by atoms with van der Waals surface area (Å²) in [5, 5.41) is 11.0. The Morgan fingerprint density at radius 1 is 1.21 bits per heavy atom. The van der Waals surface area contributed by atoms with Crippen molar-refractivity contribution in [1.82, 2.24) is 0 Å². The lowest BCUT2D eigenvalue weighted by Crippen LogP contribution is -2.03. The quantitative estimate of drug-likeness (QED) is 0.781. The first-order valence-electron chi connectivity index (χ1n) is 5.49. The van der Waals surface area contributed by atoms with Crippen LogP contribution in [0.2, 0.25) is 5.02 Å². The molecular weight excluding hydrogens is 395 g/mol. The largest absolute Gasteiger partial charge is 0.495 e. The van der Waals surface area contributed by atoms with Crippen molar-refractivity contribution in [3.63, 3.8) is 0 Å². The molecule has 0 bridgehead atoms. The molecule has 0 aromatic heterocycles. The number of hydrogen-bond donors (Lipinski definition) is 1. The van der Waals surface area contributed by atoms with E-state index in [9.17, 15) is 5.11 Å². The molecule has 0 spiro atoms. The molecule has 0 heterocycles. The lowest BCUT2D eigenvalue weighted by atomic mass is 10.0. The van der Waals surface area contributed by atoms with Crippen molar-refractivity contribution in [2.24, 2.45) is 0 Å². The monoisotopic (exact) mass is 404 g/mol. The van der Waals surface area contributed by atoms with Crippen molar-refractivity contribution < 1.29 is 9.84 Å². The van der Waals surface area contributed by atoms with Gasteiger partial charge >= 0.3 is 0 Å². The molecule has 19 heavy (non-hydrogen) atoms. The molecule has 0 fully saturated rings. The van der Waals surface area contributed by atoms with Crippen molar-refractivity contribution in [2.45, 2.75) is 6.10 Å². The molecule has 0 aliphatic carbocycles. The van der Waals surface area contributed by atoms with Gasteiger partial charge < -0.3 is 9.84 Å². The molecule has 0 saturated carbocycles. The van der Waals surface area contributed by atoms with Gasteiger partial charge in [-0.1, -0.05) is 39.7 Å². The second-order valence-corrected chi connectivity index (χ2v) is 6.17. The Labute approximate surface area is 133 Å². The zero-order chi connectivity index (χ0) is 14.0. The predicted octanol–water partition coefficient (Wildman–Crippen LogP) is 4.96. The van der Waals surface area contributed by atoms with Crippen LogP contribution >= 0.6 is 43.5 Å². The third kappa shape index (κ3) is 3.31. The molecule has 1 atom stereocenters. The molecule has 2 rings (SSSR count). The first-order valence-corrected chi connectivity index (χ1v) is 7.45. The summed E-state index contributed by atoms with van der Waals surface area (Å²) in [6.07, 6.45) is -0.803. The maximum atomic E-state index is 10.5. The van der Waals surface area contributed by atoms with Crippen molar-refractivity contribution in [3.8, 4) is 5.75 Å². The Kier molecular flexibility index (Phi) is 4.90. The highest BCUT2D eigenvalue weighted by Gasteiger charge is 2.18. The van der Waals surface area contributed by atoms with Crippen LogP contribution in [0, 0.1) is 0 Å². The van der Waals surface area contributed by atoms with Gasteiger partial charge in [-0.15, -0.1) is 0 Å². The molecule has 0 amide bonds. The van der Waals surface area contributed by atoms with Crippen LogP contribution in [0.5, 0.6) is 5.75 Å². The summed E-state index contributed by atoms with van der Waals surface area (Å²) in [6.45, 7) is 0. The van der Waals surface area contributed by atoms with Gasteiger partial charge in [-0.3, -0.25) is 0 Å². The average molecular weight is 407 g/mol. The SMILES string of the molecule is COc1c(Br)cc(Cl)cc1C(O)c1cccc(Br)c1. The Balaban J connectivity index is 2.52. The summed E-state index contributed by atoms with van der Waals surface area (Å²) >= 11 is 12.8. The second-order valence-electron chi connectivity index (χ2n) is 3.97.